The normalized spacial score (nSPS) is 16.6. The Morgan fingerprint density at radius 2 is 1.88 bits per heavy atom. The molecule has 8 heteroatoms. The van der Waals surface area contributed by atoms with Crippen LogP contribution in [0.1, 0.15) is 12.5 Å². The van der Waals surface area contributed by atoms with Gasteiger partial charge in [-0.15, -0.1) is 0 Å². The number of nitrogens with one attached hydrogen (secondary N) is 2. The molecule has 1 fully saturated rings. The summed E-state index contributed by atoms with van der Waals surface area (Å²) >= 11 is 0. The Kier molecular flexibility index (Phi) is 5.42. The molecule has 0 bridgehead atoms. The molecule has 132 valence electrons. The number of benzene rings is 1. The van der Waals surface area contributed by atoms with E-state index in [2.05, 4.69) is 20.8 Å². The Hall–Kier alpha value is -2.29. The maximum Gasteiger partial charge on any atom is 0.243 e. The van der Waals surface area contributed by atoms with Crippen LogP contribution in [0.5, 0.6) is 0 Å². The number of rotatable bonds is 5. The fourth-order valence-corrected chi connectivity index (χ4v) is 3.98. The Morgan fingerprint density at radius 1 is 1.16 bits per heavy atom. The van der Waals surface area contributed by atoms with Gasteiger partial charge in [0.1, 0.15) is 5.82 Å². The molecule has 0 saturated carbocycles. The zero-order chi connectivity index (χ0) is 17.7. The monoisotopic (exact) mass is 359 g/mol. The number of hydrogen-bond acceptors (Lipinski definition) is 6. The smallest absolute Gasteiger partial charge is 0.243 e. The highest BCUT2D eigenvalue weighted by atomic mass is 32.2. The van der Waals surface area contributed by atoms with Crippen LogP contribution in [0.25, 0.3) is 0 Å². The molecule has 0 aliphatic carbocycles. The Labute approximate surface area is 147 Å². The van der Waals surface area contributed by atoms with Crippen LogP contribution in [0, 0.1) is 0 Å². The highest BCUT2D eigenvalue weighted by Crippen LogP contribution is 2.17. The first-order valence-corrected chi connectivity index (χ1v) is 9.54. The maximum atomic E-state index is 12.6. The third-order valence-electron chi connectivity index (χ3n) is 3.99. The van der Waals surface area contributed by atoms with E-state index in [9.17, 15) is 8.42 Å². The van der Waals surface area contributed by atoms with Crippen molar-refractivity contribution >= 4 is 21.6 Å². The molecule has 3 rings (SSSR count). The average Bonchev–Trinajstić information content (AvgIpc) is 2.68. The molecule has 1 saturated heterocycles. The van der Waals surface area contributed by atoms with Gasteiger partial charge >= 0.3 is 0 Å². The van der Waals surface area contributed by atoms with Crippen molar-refractivity contribution in [1.29, 1.82) is 0 Å². The van der Waals surface area contributed by atoms with Gasteiger partial charge < -0.3 is 5.32 Å². The summed E-state index contributed by atoms with van der Waals surface area (Å²) in [5, 5.41) is 7.44. The van der Waals surface area contributed by atoms with Gasteiger partial charge in [-0.3, -0.25) is 5.43 Å². The van der Waals surface area contributed by atoms with Gasteiger partial charge in [-0.05, 0) is 36.8 Å². The highest BCUT2D eigenvalue weighted by molar-refractivity contribution is 7.89. The van der Waals surface area contributed by atoms with E-state index in [1.54, 1.807) is 30.5 Å². The van der Waals surface area contributed by atoms with Crippen molar-refractivity contribution in [3.05, 3.63) is 54.2 Å². The largest absolute Gasteiger partial charge is 0.314 e. The first-order chi connectivity index (χ1) is 12.1. The van der Waals surface area contributed by atoms with Gasteiger partial charge in [0.25, 0.3) is 0 Å². The van der Waals surface area contributed by atoms with E-state index >= 15 is 0 Å². The van der Waals surface area contributed by atoms with Crippen LogP contribution in [-0.2, 0) is 10.0 Å². The number of anilines is 1. The van der Waals surface area contributed by atoms with E-state index < -0.39 is 10.0 Å². The van der Waals surface area contributed by atoms with Gasteiger partial charge in [0.2, 0.25) is 10.0 Å². The summed E-state index contributed by atoms with van der Waals surface area (Å²) in [7, 11) is -3.43. The fraction of sp³-hybridized carbons (Fsp3) is 0.294. The maximum absolute atomic E-state index is 12.6. The lowest BCUT2D eigenvalue weighted by atomic mass is 10.1. The molecule has 0 atom stereocenters. The van der Waals surface area contributed by atoms with Crippen LogP contribution in [0.4, 0.5) is 5.82 Å². The van der Waals surface area contributed by atoms with Gasteiger partial charge in [-0.2, -0.15) is 9.41 Å². The van der Waals surface area contributed by atoms with Crippen molar-refractivity contribution in [2.75, 3.05) is 31.6 Å². The molecular weight excluding hydrogens is 338 g/mol. The first kappa shape index (κ1) is 17.5. The number of nitrogens with zero attached hydrogens (tertiary/aromatic N) is 3. The molecule has 7 nitrogen and oxygen atoms in total. The minimum Gasteiger partial charge on any atom is -0.314 e. The van der Waals surface area contributed by atoms with Crippen molar-refractivity contribution in [3.63, 3.8) is 0 Å². The molecule has 25 heavy (non-hydrogen) atoms. The van der Waals surface area contributed by atoms with Crippen LogP contribution < -0.4 is 10.7 Å². The Balaban J connectivity index is 1.73. The Bertz CT molecular complexity index is 829. The van der Waals surface area contributed by atoms with Gasteiger partial charge in [0.05, 0.1) is 10.6 Å². The van der Waals surface area contributed by atoms with E-state index in [4.69, 9.17) is 0 Å². The van der Waals surface area contributed by atoms with Gasteiger partial charge in [0.15, 0.2) is 0 Å². The number of hydrogen-bond donors (Lipinski definition) is 2. The predicted octanol–water partition coefficient (Wildman–Crippen LogP) is 1.51. The molecule has 1 aliphatic rings. The highest BCUT2D eigenvalue weighted by Gasteiger charge is 2.25. The van der Waals surface area contributed by atoms with E-state index in [0.29, 0.717) is 36.9 Å². The van der Waals surface area contributed by atoms with Crippen molar-refractivity contribution in [3.8, 4) is 0 Å². The van der Waals surface area contributed by atoms with Crippen molar-refractivity contribution in [2.24, 2.45) is 5.10 Å². The van der Waals surface area contributed by atoms with Crippen LogP contribution in [0.2, 0.25) is 0 Å². The fourth-order valence-electron chi connectivity index (χ4n) is 2.54. The van der Waals surface area contributed by atoms with Crippen molar-refractivity contribution in [2.45, 2.75) is 11.8 Å². The van der Waals surface area contributed by atoms with Crippen LogP contribution in [0.3, 0.4) is 0 Å². The minimum atomic E-state index is -3.43. The number of hydrazone groups is 1. The van der Waals surface area contributed by atoms with Crippen LogP contribution in [0.15, 0.2) is 58.7 Å². The van der Waals surface area contributed by atoms with Gasteiger partial charge in [-0.25, -0.2) is 13.4 Å². The van der Waals surface area contributed by atoms with E-state index in [0.717, 1.165) is 11.3 Å². The average molecular weight is 359 g/mol. The third-order valence-corrected chi connectivity index (χ3v) is 5.90. The molecule has 2 heterocycles. The summed E-state index contributed by atoms with van der Waals surface area (Å²) in [4.78, 5) is 4.44. The lowest BCUT2D eigenvalue weighted by Crippen LogP contribution is -2.46. The number of pyridine rings is 1. The molecule has 0 unspecified atom stereocenters. The van der Waals surface area contributed by atoms with Crippen molar-refractivity contribution < 1.29 is 8.42 Å². The summed E-state index contributed by atoms with van der Waals surface area (Å²) in [6.07, 6.45) is 1.68. The number of aromatic nitrogens is 1. The summed E-state index contributed by atoms with van der Waals surface area (Å²) < 4.78 is 26.8. The third kappa shape index (κ3) is 4.22. The molecule has 0 spiro atoms. The van der Waals surface area contributed by atoms with Gasteiger partial charge in [-0.1, -0.05) is 18.2 Å². The van der Waals surface area contributed by atoms with E-state index in [1.807, 2.05) is 25.1 Å². The van der Waals surface area contributed by atoms with Gasteiger partial charge in [0, 0.05) is 32.4 Å². The van der Waals surface area contributed by atoms with Crippen molar-refractivity contribution in [1.82, 2.24) is 14.6 Å². The summed E-state index contributed by atoms with van der Waals surface area (Å²) in [5.41, 5.74) is 4.48. The summed E-state index contributed by atoms with van der Waals surface area (Å²) in [6, 6.07) is 12.3. The lowest BCUT2D eigenvalue weighted by molar-refractivity contribution is 0.360. The molecular formula is C17H21N5O2S. The lowest BCUT2D eigenvalue weighted by Gasteiger charge is -2.26. The predicted molar refractivity (Wildman–Crippen MR) is 98.1 cm³/mol. The molecule has 2 aromatic rings. The Morgan fingerprint density at radius 3 is 2.52 bits per heavy atom. The second kappa shape index (κ2) is 7.73. The number of sulfonamides is 1. The molecule has 2 N–H and O–H groups in total. The molecule has 1 aliphatic heterocycles. The molecule has 1 aromatic carbocycles. The zero-order valence-electron chi connectivity index (χ0n) is 14.0. The SMILES string of the molecule is C/C(=N/Nc1ccccn1)c1ccc(S(=O)(=O)N2CCNCC2)cc1. The van der Waals surface area contributed by atoms with E-state index in [1.165, 1.54) is 4.31 Å². The second-order valence-electron chi connectivity index (χ2n) is 5.70. The topological polar surface area (TPSA) is 86.7 Å². The minimum absolute atomic E-state index is 0.309. The molecule has 0 amide bonds. The number of piperazine rings is 1. The molecule has 0 radical (unpaired) electrons. The standard InChI is InChI=1S/C17H21N5O2S/c1-14(20-21-17-4-2-3-9-19-17)15-5-7-16(8-6-15)25(23,24)22-12-10-18-11-13-22/h2-9,18H,10-13H2,1H3,(H,19,21)/b20-14-. The van der Waals surface area contributed by atoms with E-state index in [-0.39, 0.29) is 0 Å². The van der Waals surface area contributed by atoms with Crippen LogP contribution in [-0.4, -0.2) is 49.6 Å². The van der Waals surface area contributed by atoms with Crippen LogP contribution >= 0.6 is 0 Å². The molecule has 1 aromatic heterocycles. The summed E-state index contributed by atoms with van der Waals surface area (Å²) in [6.45, 7) is 4.22. The zero-order valence-corrected chi connectivity index (χ0v) is 14.8. The summed E-state index contributed by atoms with van der Waals surface area (Å²) in [5.74, 6) is 0.653. The first-order valence-electron chi connectivity index (χ1n) is 8.10. The second-order valence-corrected chi connectivity index (χ2v) is 7.64. The quantitative estimate of drug-likeness (QED) is 0.624.